The van der Waals surface area contributed by atoms with E-state index >= 15 is 0 Å². The molecular formula is C27H32N4O2. The average Bonchev–Trinajstić information content (AvgIpc) is 3.19. The number of benzene rings is 2. The summed E-state index contributed by atoms with van der Waals surface area (Å²) >= 11 is 0. The normalized spacial score (nSPS) is 15.3. The molecular weight excluding hydrogens is 412 g/mol. The van der Waals surface area contributed by atoms with Crippen LogP contribution in [0.25, 0.3) is 5.69 Å². The lowest BCUT2D eigenvalue weighted by atomic mass is 9.84. The maximum absolute atomic E-state index is 13.2. The van der Waals surface area contributed by atoms with Crippen LogP contribution >= 0.6 is 0 Å². The summed E-state index contributed by atoms with van der Waals surface area (Å²) in [4.78, 5) is 27.9. The van der Waals surface area contributed by atoms with Gasteiger partial charge in [-0.2, -0.15) is 5.10 Å². The van der Waals surface area contributed by atoms with E-state index in [1.807, 2.05) is 81.3 Å². The minimum atomic E-state index is -0.106. The van der Waals surface area contributed by atoms with E-state index < -0.39 is 0 Å². The number of nitrogens with one attached hydrogen (secondary N) is 1. The molecule has 0 saturated carbocycles. The van der Waals surface area contributed by atoms with Crippen molar-refractivity contribution in [1.82, 2.24) is 14.7 Å². The molecule has 1 N–H and O–H groups in total. The fraction of sp³-hybridized carbons (Fsp3) is 0.370. The van der Waals surface area contributed by atoms with E-state index in [-0.39, 0.29) is 23.7 Å². The minimum Gasteiger partial charge on any atom is -0.339 e. The first-order valence-electron chi connectivity index (χ1n) is 11.6. The van der Waals surface area contributed by atoms with Crippen molar-refractivity contribution in [3.63, 3.8) is 0 Å². The van der Waals surface area contributed by atoms with Crippen LogP contribution in [0.15, 0.2) is 54.7 Å². The second kappa shape index (κ2) is 9.61. The summed E-state index contributed by atoms with van der Waals surface area (Å²) in [5, 5.41) is 7.61. The third-order valence-corrected chi connectivity index (χ3v) is 6.59. The number of likely N-dealkylation sites (tertiary alicyclic amines) is 1. The van der Waals surface area contributed by atoms with Crippen LogP contribution < -0.4 is 5.32 Å². The first kappa shape index (κ1) is 22.8. The van der Waals surface area contributed by atoms with E-state index in [4.69, 9.17) is 0 Å². The Labute approximate surface area is 195 Å². The summed E-state index contributed by atoms with van der Waals surface area (Å²) in [6, 6.07) is 15.9. The number of aryl methyl sites for hydroxylation is 3. The number of hydrogen-bond donors (Lipinski definition) is 1. The minimum absolute atomic E-state index is 0.0143. The maximum atomic E-state index is 13.2. The largest absolute Gasteiger partial charge is 0.339 e. The number of carbonyl (C=O) groups is 2. The Hall–Kier alpha value is -3.41. The topological polar surface area (TPSA) is 67.2 Å². The van der Waals surface area contributed by atoms with Crippen LogP contribution in [-0.2, 0) is 4.79 Å². The Balaban J connectivity index is 1.36. The zero-order valence-electron chi connectivity index (χ0n) is 19.8. The van der Waals surface area contributed by atoms with Gasteiger partial charge in [0.2, 0.25) is 5.91 Å². The van der Waals surface area contributed by atoms with Gasteiger partial charge in [0.15, 0.2) is 0 Å². The van der Waals surface area contributed by atoms with Gasteiger partial charge in [0.05, 0.1) is 16.9 Å². The van der Waals surface area contributed by atoms with Gasteiger partial charge in [0.1, 0.15) is 0 Å². The molecule has 1 fully saturated rings. The second-order valence-electron chi connectivity index (χ2n) is 9.19. The summed E-state index contributed by atoms with van der Waals surface area (Å²) in [5.74, 6) is 0.212. The van der Waals surface area contributed by atoms with Gasteiger partial charge in [-0.1, -0.05) is 31.2 Å². The van der Waals surface area contributed by atoms with Crippen molar-refractivity contribution in [2.24, 2.45) is 11.8 Å². The third kappa shape index (κ3) is 5.16. The number of carbonyl (C=O) groups excluding carboxylic acids is 2. The Bertz CT molecular complexity index is 1120. The highest BCUT2D eigenvalue weighted by Gasteiger charge is 2.31. The summed E-state index contributed by atoms with van der Waals surface area (Å²) in [6.45, 7) is 9.24. The third-order valence-electron chi connectivity index (χ3n) is 6.59. The number of aromatic nitrogens is 2. The van der Waals surface area contributed by atoms with E-state index in [9.17, 15) is 9.59 Å². The Morgan fingerprint density at radius 2 is 1.64 bits per heavy atom. The monoisotopic (exact) mass is 444 g/mol. The molecule has 4 rings (SSSR count). The van der Waals surface area contributed by atoms with Gasteiger partial charge in [-0.25, -0.2) is 4.68 Å². The van der Waals surface area contributed by atoms with Gasteiger partial charge in [0.25, 0.3) is 5.91 Å². The number of nitrogens with zero attached hydrogens (tertiary/aromatic N) is 3. The molecule has 33 heavy (non-hydrogen) atoms. The summed E-state index contributed by atoms with van der Waals surface area (Å²) < 4.78 is 1.76. The summed E-state index contributed by atoms with van der Waals surface area (Å²) in [5.41, 5.74) is 5.42. The van der Waals surface area contributed by atoms with Crippen LogP contribution in [0, 0.1) is 32.6 Å². The van der Waals surface area contributed by atoms with Crippen LogP contribution in [-0.4, -0.2) is 39.6 Å². The average molecular weight is 445 g/mol. The van der Waals surface area contributed by atoms with Gasteiger partial charge in [-0.15, -0.1) is 0 Å². The molecule has 0 aliphatic carbocycles. The lowest BCUT2D eigenvalue weighted by Gasteiger charge is -2.34. The standard InChI is InChI=1S/C27H32N4O2/c1-18-14-19(2)16-23(15-18)28-26(32)20(3)22-10-12-30(13-11-22)27(33)25-17-31(29-21(25)4)24-8-6-5-7-9-24/h5-9,14-17,20,22H,10-13H2,1-4H3,(H,28,32). The number of anilines is 1. The van der Waals surface area contributed by atoms with E-state index in [0.29, 0.717) is 18.7 Å². The zero-order valence-corrected chi connectivity index (χ0v) is 19.8. The molecule has 3 aromatic rings. The second-order valence-corrected chi connectivity index (χ2v) is 9.19. The summed E-state index contributed by atoms with van der Waals surface area (Å²) in [7, 11) is 0. The molecule has 172 valence electrons. The van der Waals surface area contributed by atoms with E-state index in [2.05, 4.69) is 16.5 Å². The van der Waals surface area contributed by atoms with Crippen LogP contribution in [0.3, 0.4) is 0 Å². The van der Waals surface area contributed by atoms with Crippen molar-refractivity contribution in [3.8, 4) is 5.69 Å². The Morgan fingerprint density at radius 3 is 2.27 bits per heavy atom. The van der Waals surface area contributed by atoms with E-state index in [0.717, 1.165) is 41.0 Å². The molecule has 1 aliphatic heterocycles. The number of para-hydroxylation sites is 1. The molecule has 1 aliphatic rings. The predicted octanol–water partition coefficient (Wildman–Crippen LogP) is 4.92. The first-order chi connectivity index (χ1) is 15.8. The maximum Gasteiger partial charge on any atom is 0.257 e. The number of amides is 2. The fourth-order valence-electron chi connectivity index (χ4n) is 4.67. The molecule has 0 spiro atoms. The molecule has 0 bridgehead atoms. The Kier molecular flexibility index (Phi) is 6.63. The smallest absolute Gasteiger partial charge is 0.257 e. The lowest BCUT2D eigenvalue weighted by molar-refractivity contribution is -0.121. The molecule has 2 aromatic carbocycles. The molecule has 6 heteroatoms. The molecule has 1 aromatic heterocycles. The molecule has 1 unspecified atom stereocenters. The predicted molar refractivity (Wildman–Crippen MR) is 131 cm³/mol. The van der Waals surface area contributed by atoms with Crippen molar-refractivity contribution in [1.29, 1.82) is 0 Å². The number of rotatable bonds is 5. The van der Waals surface area contributed by atoms with Crippen molar-refractivity contribution in [2.45, 2.75) is 40.5 Å². The van der Waals surface area contributed by atoms with Crippen LogP contribution in [0.2, 0.25) is 0 Å². The van der Waals surface area contributed by atoms with Gasteiger partial charge >= 0.3 is 0 Å². The summed E-state index contributed by atoms with van der Waals surface area (Å²) in [6.07, 6.45) is 3.46. The zero-order chi connectivity index (χ0) is 23.5. The molecule has 0 radical (unpaired) electrons. The van der Waals surface area contributed by atoms with Gasteiger partial charge in [-0.05, 0) is 74.9 Å². The van der Waals surface area contributed by atoms with Gasteiger partial charge in [-0.3, -0.25) is 9.59 Å². The molecule has 2 amide bonds. The lowest BCUT2D eigenvalue weighted by Crippen LogP contribution is -2.41. The van der Waals surface area contributed by atoms with Crippen LogP contribution in [0.4, 0.5) is 5.69 Å². The quantitative estimate of drug-likeness (QED) is 0.607. The van der Waals surface area contributed by atoms with Crippen molar-refractivity contribution in [2.75, 3.05) is 18.4 Å². The number of piperidine rings is 1. The van der Waals surface area contributed by atoms with Crippen molar-refractivity contribution < 1.29 is 9.59 Å². The molecule has 1 saturated heterocycles. The molecule has 2 heterocycles. The van der Waals surface area contributed by atoms with Crippen LogP contribution in [0.1, 0.15) is 46.9 Å². The van der Waals surface area contributed by atoms with Gasteiger partial charge in [0, 0.05) is 30.9 Å². The number of hydrogen-bond acceptors (Lipinski definition) is 3. The van der Waals surface area contributed by atoms with Crippen molar-refractivity contribution >= 4 is 17.5 Å². The highest BCUT2D eigenvalue weighted by molar-refractivity contribution is 5.95. The highest BCUT2D eigenvalue weighted by atomic mass is 16.2. The van der Waals surface area contributed by atoms with Crippen LogP contribution in [0.5, 0.6) is 0 Å². The fourth-order valence-corrected chi connectivity index (χ4v) is 4.67. The van der Waals surface area contributed by atoms with E-state index in [1.54, 1.807) is 4.68 Å². The molecule has 1 atom stereocenters. The van der Waals surface area contributed by atoms with E-state index in [1.165, 1.54) is 0 Å². The SMILES string of the molecule is Cc1cc(C)cc(NC(=O)C(C)C2CCN(C(=O)c3cn(-c4ccccc4)nc3C)CC2)c1. The molecule has 6 nitrogen and oxygen atoms in total. The Morgan fingerprint density at radius 1 is 1.00 bits per heavy atom. The van der Waals surface area contributed by atoms with Gasteiger partial charge < -0.3 is 10.2 Å². The van der Waals surface area contributed by atoms with Crippen molar-refractivity contribution in [3.05, 3.63) is 77.1 Å². The highest BCUT2D eigenvalue weighted by Crippen LogP contribution is 2.28. The first-order valence-corrected chi connectivity index (χ1v) is 11.6.